The minimum Gasteiger partial charge on any atom is -0.336 e. The number of hydrogen-bond acceptors (Lipinski definition) is 3. The molecule has 0 bridgehead atoms. The molecule has 0 radical (unpaired) electrons. The average molecular weight is 342 g/mol. The van der Waals surface area contributed by atoms with Crippen molar-refractivity contribution in [2.45, 2.75) is 72.9 Å². The second-order valence-electron chi connectivity index (χ2n) is 7.92. The number of hydrogen-bond donors (Lipinski definition) is 0. The van der Waals surface area contributed by atoms with Crippen LogP contribution in [0, 0.1) is 12.8 Å². The predicted molar refractivity (Wildman–Crippen MR) is 101 cm³/mol. The van der Waals surface area contributed by atoms with Gasteiger partial charge in [-0.1, -0.05) is 20.3 Å². The van der Waals surface area contributed by atoms with E-state index >= 15 is 0 Å². The van der Waals surface area contributed by atoms with Gasteiger partial charge in [-0.2, -0.15) is 0 Å². The van der Waals surface area contributed by atoms with Crippen LogP contribution in [0.5, 0.6) is 0 Å². The number of imidazole rings is 1. The summed E-state index contributed by atoms with van der Waals surface area (Å²) in [6, 6.07) is 2.08. The zero-order valence-corrected chi connectivity index (χ0v) is 16.2. The summed E-state index contributed by atoms with van der Waals surface area (Å²) < 4.78 is 2.23. The Morgan fingerprint density at radius 1 is 1.20 bits per heavy atom. The number of carbonyl (C=O) groups excluding carboxylic acids is 1. The normalized spacial score (nSPS) is 14.8. The number of carbonyl (C=O) groups is 1. The Bertz CT molecular complexity index is 776. The van der Waals surface area contributed by atoms with Gasteiger partial charge in [0.1, 0.15) is 11.3 Å². The highest BCUT2D eigenvalue weighted by molar-refractivity contribution is 6.04. The molecule has 3 heterocycles. The van der Waals surface area contributed by atoms with Crippen LogP contribution in [0.1, 0.15) is 68.8 Å². The smallest absolute Gasteiger partial charge is 0.256 e. The van der Waals surface area contributed by atoms with Crippen LogP contribution in [0.4, 0.5) is 0 Å². The first-order valence-electron chi connectivity index (χ1n) is 9.56. The van der Waals surface area contributed by atoms with Crippen LogP contribution in [0.25, 0.3) is 11.2 Å². The Hall–Kier alpha value is -1.91. The van der Waals surface area contributed by atoms with Crippen molar-refractivity contribution in [3.8, 4) is 0 Å². The number of pyridine rings is 1. The van der Waals surface area contributed by atoms with Gasteiger partial charge in [0.15, 0.2) is 5.65 Å². The van der Waals surface area contributed by atoms with Crippen LogP contribution in [0.15, 0.2) is 6.07 Å². The van der Waals surface area contributed by atoms with E-state index in [2.05, 4.69) is 32.3 Å². The monoisotopic (exact) mass is 342 g/mol. The first kappa shape index (κ1) is 17.9. The van der Waals surface area contributed by atoms with Gasteiger partial charge < -0.3 is 9.47 Å². The van der Waals surface area contributed by atoms with Gasteiger partial charge >= 0.3 is 0 Å². The van der Waals surface area contributed by atoms with E-state index in [0.29, 0.717) is 11.5 Å². The van der Waals surface area contributed by atoms with E-state index in [4.69, 9.17) is 9.97 Å². The molecule has 0 aromatic carbocycles. The summed E-state index contributed by atoms with van der Waals surface area (Å²) in [6.07, 6.45) is 4.53. The summed E-state index contributed by atoms with van der Waals surface area (Å²) in [4.78, 5) is 24.9. The molecular formula is C20H30N4O. The molecule has 1 aliphatic rings. The topological polar surface area (TPSA) is 51.0 Å². The van der Waals surface area contributed by atoms with Crippen molar-refractivity contribution < 1.29 is 4.79 Å². The fourth-order valence-electron chi connectivity index (χ4n) is 3.66. The molecule has 136 valence electrons. The fourth-order valence-corrected chi connectivity index (χ4v) is 3.66. The first-order valence-corrected chi connectivity index (χ1v) is 9.56. The number of nitrogens with zero attached hydrogens (tertiary/aromatic N) is 4. The lowest BCUT2D eigenvalue weighted by Crippen LogP contribution is -2.39. The van der Waals surface area contributed by atoms with Gasteiger partial charge in [-0.15, -0.1) is 0 Å². The highest BCUT2D eigenvalue weighted by atomic mass is 16.2. The van der Waals surface area contributed by atoms with Crippen molar-refractivity contribution in [2.75, 3.05) is 6.54 Å². The quantitative estimate of drug-likeness (QED) is 0.845. The van der Waals surface area contributed by atoms with Crippen LogP contribution in [-0.4, -0.2) is 37.9 Å². The predicted octanol–water partition coefficient (Wildman–Crippen LogP) is 3.97. The Kier molecular flexibility index (Phi) is 5.11. The molecule has 0 aliphatic carbocycles. The molecule has 5 heteroatoms. The van der Waals surface area contributed by atoms with Crippen molar-refractivity contribution in [3.05, 3.63) is 23.1 Å². The van der Waals surface area contributed by atoms with Gasteiger partial charge in [0, 0.05) is 31.2 Å². The summed E-state index contributed by atoms with van der Waals surface area (Å²) in [5.41, 5.74) is 3.25. The van der Waals surface area contributed by atoms with Crippen molar-refractivity contribution in [2.24, 2.45) is 5.92 Å². The molecule has 1 amide bonds. The molecule has 2 aromatic rings. The Morgan fingerprint density at radius 2 is 1.96 bits per heavy atom. The van der Waals surface area contributed by atoms with Crippen molar-refractivity contribution >= 4 is 17.1 Å². The van der Waals surface area contributed by atoms with Gasteiger partial charge in [0.05, 0.1) is 5.56 Å². The standard InChI is InChI=1S/C20H30N4O/c1-13(2)12-24(14(3)4)20(25)16-11-15(5)21-19-18(16)22-17-9-7-6-8-10-23(17)19/h11,13-14H,6-10,12H2,1-5H3. The number of aryl methyl sites for hydroxylation is 3. The largest absolute Gasteiger partial charge is 0.336 e. The van der Waals surface area contributed by atoms with Crippen LogP contribution >= 0.6 is 0 Å². The average Bonchev–Trinajstić information content (AvgIpc) is 2.73. The Balaban J connectivity index is 2.10. The summed E-state index contributed by atoms with van der Waals surface area (Å²) in [7, 11) is 0. The molecule has 25 heavy (non-hydrogen) atoms. The Labute approximate surface area is 150 Å². The molecule has 0 spiro atoms. The Morgan fingerprint density at radius 3 is 2.64 bits per heavy atom. The van der Waals surface area contributed by atoms with Crippen molar-refractivity contribution in [1.29, 1.82) is 0 Å². The minimum atomic E-state index is 0.0764. The van der Waals surface area contributed by atoms with Gasteiger partial charge in [-0.25, -0.2) is 9.97 Å². The van der Waals surface area contributed by atoms with Gasteiger partial charge in [0.2, 0.25) is 0 Å². The van der Waals surface area contributed by atoms with Crippen LogP contribution < -0.4 is 0 Å². The summed E-state index contributed by atoms with van der Waals surface area (Å²) >= 11 is 0. The maximum atomic E-state index is 13.3. The van der Waals surface area contributed by atoms with Gasteiger partial charge in [-0.05, 0) is 45.6 Å². The van der Waals surface area contributed by atoms with Crippen LogP contribution in [0.2, 0.25) is 0 Å². The van der Waals surface area contributed by atoms with Gasteiger partial charge in [-0.3, -0.25) is 4.79 Å². The minimum absolute atomic E-state index is 0.0764. The maximum absolute atomic E-state index is 13.3. The van der Waals surface area contributed by atoms with E-state index in [9.17, 15) is 4.79 Å². The molecule has 0 N–H and O–H groups in total. The van der Waals surface area contributed by atoms with Crippen LogP contribution in [-0.2, 0) is 13.0 Å². The van der Waals surface area contributed by atoms with Crippen molar-refractivity contribution in [3.63, 3.8) is 0 Å². The van der Waals surface area contributed by atoms with Gasteiger partial charge in [0.25, 0.3) is 5.91 Å². The fraction of sp³-hybridized carbons (Fsp3) is 0.650. The third-order valence-electron chi connectivity index (χ3n) is 4.87. The van der Waals surface area contributed by atoms with Crippen LogP contribution in [0.3, 0.4) is 0 Å². The molecular weight excluding hydrogens is 312 g/mol. The highest BCUT2D eigenvalue weighted by Crippen LogP contribution is 2.25. The summed E-state index contributed by atoms with van der Waals surface area (Å²) in [5, 5.41) is 0. The third-order valence-corrected chi connectivity index (χ3v) is 4.87. The molecule has 5 nitrogen and oxygen atoms in total. The zero-order chi connectivity index (χ0) is 18.1. The number of fused-ring (bicyclic) bond motifs is 3. The highest BCUT2D eigenvalue weighted by Gasteiger charge is 2.25. The van der Waals surface area contributed by atoms with E-state index in [1.54, 1.807) is 0 Å². The SMILES string of the molecule is Cc1cc(C(=O)N(CC(C)C)C(C)C)c2nc3n(c2n1)CCCCC3. The lowest BCUT2D eigenvalue weighted by atomic mass is 10.1. The van der Waals surface area contributed by atoms with E-state index < -0.39 is 0 Å². The number of aromatic nitrogens is 3. The van der Waals surface area contributed by atoms with E-state index in [1.165, 1.54) is 6.42 Å². The second kappa shape index (κ2) is 7.14. The molecule has 0 fully saturated rings. The molecule has 0 unspecified atom stereocenters. The second-order valence-corrected chi connectivity index (χ2v) is 7.92. The number of amides is 1. The molecule has 0 atom stereocenters. The lowest BCUT2D eigenvalue weighted by Gasteiger charge is -2.28. The molecule has 3 rings (SSSR count). The van der Waals surface area contributed by atoms with E-state index in [1.807, 2.05) is 17.9 Å². The summed E-state index contributed by atoms with van der Waals surface area (Å²) in [6.45, 7) is 12.1. The van der Waals surface area contributed by atoms with Crippen molar-refractivity contribution in [1.82, 2.24) is 19.4 Å². The maximum Gasteiger partial charge on any atom is 0.256 e. The first-order chi connectivity index (χ1) is 11.9. The summed E-state index contributed by atoms with van der Waals surface area (Å²) in [5.74, 6) is 1.59. The molecule has 1 aliphatic heterocycles. The lowest BCUT2D eigenvalue weighted by molar-refractivity contribution is 0.0683. The molecule has 0 saturated heterocycles. The van der Waals surface area contributed by atoms with E-state index in [-0.39, 0.29) is 11.9 Å². The molecule has 0 saturated carbocycles. The van der Waals surface area contributed by atoms with E-state index in [0.717, 1.165) is 55.0 Å². The molecule has 2 aromatic heterocycles. The zero-order valence-electron chi connectivity index (χ0n) is 16.2. The third kappa shape index (κ3) is 3.55. The number of rotatable bonds is 4.